The molecule has 0 aliphatic rings. The van der Waals surface area contributed by atoms with Gasteiger partial charge in [0.25, 0.3) is 6.01 Å². The molecule has 1 aromatic heterocycles. The van der Waals surface area contributed by atoms with Crippen molar-refractivity contribution in [1.29, 1.82) is 0 Å². The number of aliphatic hydroxyl groups is 2. The molecule has 0 saturated carbocycles. The van der Waals surface area contributed by atoms with E-state index in [1.54, 1.807) is 0 Å². The average Bonchev–Trinajstić information content (AvgIpc) is 2.90. The molecular formula is C12H12Cl4N2O4. The van der Waals surface area contributed by atoms with Crippen LogP contribution in [0.3, 0.4) is 0 Å². The number of fused-ring (bicyclic) bond motifs is 1. The van der Waals surface area contributed by atoms with Gasteiger partial charge in [0.2, 0.25) is 0 Å². The fraction of sp³-hybridized carbons (Fsp3) is 0.417. The summed E-state index contributed by atoms with van der Waals surface area (Å²) in [6.45, 7) is -0.765. The van der Waals surface area contributed by atoms with Crippen molar-refractivity contribution < 1.29 is 19.7 Å². The molecule has 0 aliphatic carbocycles. The molecule has 0 amide bonds. The molecule has 2 rings (SSSR count). The number of methoxy groups -OCH3 is 1. The van der Waals surface area contributed by atoms with Gasteiger partial charge < -0.3 is 19.7 Å². The molecule has 0 atom stereocenters. The Balaban J connectivity index is 2.57. The van der Waals surface area contributed by atoms with E-state index in [1.807, 2.05) is 0 Å². The number of halogens is 4. The number of imidazole rings is 1. The fourth-order valence-corrected chi connectivity index (χ4v) is 2.80. The predicted molar refractivity (Wildman–Crippen MR) is 85.4 cm³/mol. The van der Waals surface area contributed by atoms with Crippen LogP contribution in [0.1, 0.15) is 0 Å². The SMILES string of the molecule is COc1nc2c(Cl)c(Cl)c(Cl)c(Cl)c2n1COC(CO)CO. The first kappa shape index (κ1) is 17.9. The van der Waals surface area contributed by atoms with Crippen LogP contribution < -0.4 is 4.74 Å². The quantitative estimate of drug-likeness (QED) is 0.586. The van der Waals surface area contributed by atoms with Crippen molar-refractivity contribution in [1.82, 2.24) is 9.55 Å². The van der Waals surface area contributed by atoms with Gasteiger partial charge in [0.05, 0.1) is 45.9 Å². The highest BCUT2D eigenvalue weighted by molar-refractivity contribution is 6.55. The highest BCUT2D eigenvalue weighted by Crippen LogP contribution is 2.43. The van der Waals surface area contributed by atoms with Crippen LogP contribution in [0.2, 0.25) is 20.1 Å². The monoisotopic (exact) mass is 388 g/mol. The third kappa shape index (κ3) is 3.10. The van der Waals surface area contributed by atoms with E-state index < -0.39 is 6.10 Å². The van der Waals surface area contributed by atoms with Crippen LogP contribution in [0, 0.1) is 0 Å². The van der Waals surface area contributed by atoms with Crippen molar-refractivity contribution in [3.63, 3.8) is 0 Å². The van der Waals surface area contributed by atoms with Gasteiger partial charge in [-0.3, -0.25) is 4.57 Å². The summed E-state index contributed by atoms with van der Waals surface area (Å²) < 4.78 is 12.0. The molecule has 22 heavy (non-hydrogen) atoms. The van der Waals surface area contributed by atoms with Gasteiger partial charge in [-0.2, -0.15) is 4.98 Å². The Morgan fingerprint density at radius 1 is 1.05 bits per heavy atom. The van der Waals surface area contributed by atoms with Gasteiger partial charge in [-0.1, -0.05) is 46.4 Å². The normalized spacial score (nSPS) is 11.6. The number of hydrogen-bond acceptors (Lipinski definition) is 5. The molecule has 1 heterocycles. The zero-order valence-corrected chi connectivity index (χ0v) is 14.3. The maximum atomic E-state index is 9.05. The van der Waals surface area contributed by atoms with Crippen molar-refractivity contribution >= 4 is 57.4 Å². The van der Waals surface area contributed by atoms with Crippen LogP contribution in [0.25, 0.3) is 11.0 Å². The van der Waals surface area contributed by atoms with E-state index in [9.17, 15) is 0 Å². The average molecular weight is 390 g/mol. The van der Waals surface area contributed by atoms with Crippen molar-refractivity contribution in [2.45, 2.75) is 12.8 Å². The molecule has 1 aromatic carbocycles. The van der Waals surface area contributed by atoms with E-state index in [4.69, 9.17) is 66.1 Å². The first-order valence-electron chi connectivity index (χ1n) is 6.05. The third-order valence-corrected chi connectivity index (χ3v) is 4.74. The van der Waals surface area contributed by atoms with E-state index in [0.717, 1.165) is 0 Å². The Hall–Kier alpha value is -0.470. The van der Waals surface area contributed by atoms with E-state index in [-0.39, 0.29) is 46.0 Å². The first-order chi connectivity index (χ1) is 10.5. The molecule has 6 nitrogen and oxygen atoms in total. The van der Waals surface area contributed by atoms with Crippen LogP contribution in [0.4, 0.5) is 0 Å². The zero-order valence-electron chi connectivity index (χ0n) is 11.3. The van der Waals surface area contributed by atoms with Gasteiger partial charge in [-0.25, -0.2) is 0 Å². The Morgan fingerprint density at radius 2 is 1.64 bits per heavy atom. The second kappa shape index (κ2) is 7.40. The lowest BCUT2D eigenvalue weighted by molar-refractivity contribution is -0.0503. The summed E-state index contributed by atoms with van der Waals surface area (Å²) in [7, 11) is 1.41. The summed E-state index contributed by atoms with van der Waals surface area (Å²) in [6, 6.07) is 0.173. The van der Waals surface area contributed by atoms with E-state index in [2.05, 4.69) is 4.98 Å². The summed E-state index contributed by atoms with van der Waals surface area (Å²) in [5.74, 6) is 0. The second-order valence-electron chi connectivity index (χ2n) is 4.26. The summed E-state index contributed by atoms with van der Waals surface area (Å²) in [5.41, 5.74) is 0.693. The highest BCUT2D eigenvalue weighted by Gasteiger charge is 2.23. The lowest BCUT2D eigenvalue weighted by Gasteiger charge is -2.15. The largest absolute Gasteiger partial charge is 0.468 e. The summed E-state index contributed by atoms with van der Waals surface area (Å²) in [4.78, 5) is 4.20. The number of hydrogen-bond donors (Lipinski definition) is 2. The molecular weight excluding hydrogens is 378 g/mol. The van der Waals surface area contributed by atoms with Crippen LogP contribution in [-0.2, 0) is 11.5 Å². The molecule has 0 unspecified atom stereocenters. The van der Waals surface area contributed by atoms with Gasteiger partial charge in [-0.05, 0) is 0 Å². The molecule has 2 N–H and O–H groups in total. The maximum absolute atomic E-state index is 9.05. The number of benzene rings is 1. The number of rotatable bonds is 6. The Labute approximate surface area is 146 Å². The van der Waals surface area contributed by atoms with E-state index in [0.29, 0.717) is 11.0 Å². The maximum Gasteiger partial charge on any atom is 0.299 e. The molecule has 2 aromatic rings. The van der Waals surface area contributed by atoms with Crippen molar-refractivity contribution in [2.24, 2.45) is 0 Å². The smallest absolute Gasteiger partial charge is 0.299 e. The minimum Gasteiger partial charge on any atom is -0.468 e. The molecule has 122 valence electrons. The minimum atomic E-state index is -0.751. The van der Waals surface area contributed by atoms with Crippen LogP contribution in [-0.4, -0.2) is 46.2 Å². The number of nitrogens with zero attached hydrogens (tertiary/aromatic N) is 2. The van der Waals surface area contributed by atoms with Gasteiger partial charge in [0.1, 0.15) is 18.4 Å². The molecule has 0 saturated heterocycles. The van der Waals surface area contributed by atoms with Crippen LogP contribution in [0.5, 0.6) is 6.01 Å². The Kier molecular flexibility index (Phi) is 6.01. The van der Waals surface area contributed by atoms with E-state index >= 15 is 0 Å². The number of aliphatic hydroxyl groups excluding tert-OH is 2. The topological polar surface area (TPSA) is 76.7 Å². The highest BCUT2D eigenvalue weighted by atomic mass is 35.5. The zero-order chi connectivity index (χ0) is 16.4. The molecule has 0 spiro atoms. The van der Waals surface area contributed by atoms with Gasteiger partial charge in [0, 0.05) is 0 Å². The predicted octanol–water partition coefficient (Wildman–Crippen LogP) is 2.99. The summed E-state index contributed by atoms with van der Waals surface area (Å²) in [5, 5.41) is 18.6. The lowest BCUT2D eigenvalue weighted by atomic mass is 10.3. The standard InChI is InChI=1S/C12H12Cl4N2O4/c1-21-12-17-10-8(15)6(13)7(14)9(16)11(10)18(12)4-22-5(2-19)3-20/h5,19-20H,2-4H2,1H3. The molecule has 0 radical (unpaired) electrons. The van der Waals surface area contributed by atoms with Crippen molar-refractivity contribution in [3.05, 3.63) is 20.1 Å². The first-order valence-corrected chi connectivity index (χ1v) is 7.56. The number of ether oxygens (including phenoxy) is 2. The van der Waals surface area contributed by atoms with Gasteiger partial charge in [-0.15, -0.1) is 0 Å². The fourth-order valence-electron chi connectivity index (χ4n) is 1.83. The Bertz CT molecular complexity index is 688. The molecule has 0 aliphatic heterocycles. The van der Waals surface area contributed by atoms with Crippen molar-refractivity contribution in [2.75, 3.05) is 20.3 Å². The third-order valence-electron chi connectivity index (χ3n) is 2.96. The van der Waals surface area contributed by atoms with Gasteiger partial charge in [0.15, 0.2) is 0 Å². The van der Waals surface area contributed by atoms with Crippen molar-refractivity contribution in [3.8, 4) is 6.01 Å². The number of aromatic nitrogens is 2. The summed E-state index contributed by atoms with van der Waals surface area (Å²) >= 11 is 24.4. The summed E-state index contributed by atoms with van der Waals surface area (Å²) in [6.07, 6.45) is -0.751. The second-order valence-corrected chi connectivity index (χ2v) is 5.77. The van der Waals surface area contributed by atoms with E-state index in [1.165, 1.54) is 11.7 Å². The van der Waals surface area contributed by atoms with Gasteiger partial charge >= 0.3 is 0 Å². The Morgan fingerprint density at radius 3 is 2.18 bits per heavy atom. The van der Waals surface area contributed by atoms with Crippen LogP contribution in [0.15, 0.2) is 0 Å². The molecule has 10 heteroatoms. The van der Waals surface area contributed by atoms with Crippen LogP contribution >= 0.6 is 46.4 Å². The lowest BCUT2D eigenvalue weighted by Crippen LogP contribution is -2.23. The molecule has 0 bridgehead atoms. The molecule has 0 fully saturated rings. The minimum absolute atomic E-state index is 0.0839.